The number of aromatic nitrogens is 3. The van der Waals surface area contributed by atoms with Gasteiger partial charge in [0.25, 0.3) is 5.56 Å². The van der Waals surface area contributed by atoms with Gasteiger partial charge in [0.15, 0.2) is 0 Å². The Labute approximate surface area is 131 Å². The van der Waals surface area contributed by atoms with Gasteiger partial charge in [-0.05, 0) is 36.2 Å². The molecule has 0 saturated heterocycles. The zero-order valence-corrected chi connectivity index (χ0v) is 12.5. The molecule has 21 heavy (non-hydrogen) atoms. The first kappa shape index (κ1) is 14.0. The summed E-state index contributed by atoms with van der Waals surface area (Å²) >= 11 is 12.0. The van der Waals surface area contributed by atoms with Crippen molar-refractivity contribution in [2.75, 3.05) is 0 Å². The standard InChI is InChI=1S/C15H11Cl2N3O/c16-11-7-12-14(13(17)8-11)19-9-20(15(12)21)6-3-10-1-4-18-5-2-10/h1-2,4-5,7-9H,3,6H2. The number of halogens is 2. The quantitative estimate of drug-likeness (QED) is 0.743. The van der Waals surface area contributed by atoms with E-state index in [1.807, 2.05) is 12.1 Å². The second-order valence-corrected chi connectivity index (χ2v) is 5.48. The Morgan fingerprint density at radius 1 is 1.14 bits per heavy atom. The molecule has 4 nitrogen and oxygen atoms in total. The molecule has 0 fully saturated rings. The van der Waals surface area contributed by atoms with Crippen LogP contribution < -0.4 is 5.56 Å². The molecule has 0 aliphatic rings. The number of hydrogen-bond donors (Lipinski definition) is 0. The summed E-state index contributed by atoms with van der Waals surface area (Å²) in [6.45, 7) is 0.538. The maximum atomic E-state index is 12.4. The van der Waals surface area contributed by atoms with Crippen LogP contribution in [0, 0.1) is 0 Å². The maximum absolute atomic E-state index is 12.4. The van der Waals surface area contributed by atoms with Gasteiger partial charge < -0.3 is 0 Å². The van der Waals surface area contributed by atoms with E-state index < -0.39 is 0 Å². The van der Waals surface area contributed by atoms with Crippen LogP contribution in [0.2, 0.25) is 10.0 Å². The SMILES string of the molecule is O=c1c2cc(Cl)cc(Cl)c2ncn1CCc1ccncc1. The van der Waals surface area contributed by atoms with Crippen LogP contribution in [0.5, 0.6) is 0 Å². The number of pyridine rings is 1. The topological polar surface area (TPSA) is 47.8 Å². The lowest BCUT2D eigenvalue weighted by Gasteiger charge is -2.07. The maximum Gasteiger partial charge on any atom is 0.261 e. The molecule has 0 bridgehead atoms. The third kappa shape index (κ3) is 2.91. The van der Waals surface area contributed by atoms with E-state index in [0.29, 0.717) is 27.5 Å². The van der Waals surface area contributed by atoms with Gasteiger partial charge in [-0.15, -0.1) is 0 Å². The smallest absolute Gasteiger partial charge is 0.261 e. The molecule has 0 unspecified atom stereocenters. The van der Waals surface area contributed by atoms with E-state index in [4.69, 9.17) is 23.2 Å². The summed E-state index contributed by atoms with van der Waals surface area (Å²) in [6, 6.07) is 7.03. The van der Waals surface area contributed by atoms with Crippen molar-refractivity contribution in [3.8, 4) is 0 Å². The van der Waals surface area contributed by atoms with Crippen LogP contribution in [0.4, 0.5) is 0 Å². The molecule has 3 rings (SSSR count). The summed E-state index contributed by atoms with van der Waals surface area (Å²) in [5.74, 6) is 0. The zero-order chi connectivity index (χ0) is 14.8. The molecule has 0 aliphatic carbocycles. The highest BCUT2D eigenvalue weighted by atomic mass is 35.5. The van der Waals surface area contributed by atoms with Gasteiger partial charge in [0, 0.05) is 24.0 Å². The zero-order valence-electron chi connectivity index (χ0n) is 11.0. The van der Waals surface area contributed by atoms with E-state index in [2.05, 4.69) is 9.97 Å². The van der Waals surface area contributed by atoms with Crippen LogP contribution in [0.15, 0.2) is 47.8 Å². The molecule has 0 saturated carbocycles. The molecule has 0 amide bonds. The van der Waals surface area contributed by atoms with Crippen molar-refractivity contribution in [1.82, 2.24) is 14.5 Å². The third-order valence-electron chi connectivity index (χ3n) is 3.24. The number of benzene rings is 1. The van der Waals surface area contributed by atoms with Crippen molar-refractivity contribution < 1.29 is 0 Å². The van der Waals surface area contributed by atoms with Gasteiger partial charge in [0.05, 0.1) is 22.3 Å². The van der Waals surface area contributed by atoms with E-state index in [9.17, 15) is 4.79 Å². The lowest BCUT2D eigenvalue weighted by Crippen LogP contribution is -2.21. The Bertz CT molecular complexity index is 847. The van der Waals surface area contributed by atoms with Crippen molar-refractivity contribution in [3.05, 3.63) is 68.9 Å². The Morgan fingerprint density at radius 2 is 1.90 bits per heavy atom. The Hall–Kier alpha value is -1.91. The van der Waals surface area contributed by atoms with Crippen molar-refractivity contribution in [1.29, 1.82) is 0 Å². The fourth-order valence-electron chi connectivity index (χ4n) is 2.15. The summed E-state index contributed by atoms with van der Waals surface area (Å²) < 4.78 is 1.56. The van der Waals surface area contributed by atoms with Crippen LogP contribution >= 0.6 is 23.2 Å². The molecule has 0 N–H and O–H groups in total. The lowest BCUT2D eigenvalue weighted by molar-refractivity contribution is 0.662. The molecule has 2 aromatic heterocycles. The minimum Gasteiger partial charge on any atom is -0.298 e. The van der Waals surface area contributed by atoms with E-state index in [1.54, 1.807) is 29.1 Å². The summed E-state index contributed by atoms with van der Waals surface area (Å²) in [7, 11) is 0. The van der Waals surface area contributed by atoms with Gasteiger partial charge in [-0.1, -0.05) is 23.2 Å². The average molecular weight is 320 g/mol. The van der Waals surface area contributed by atoms with Crippen LogP contribution in [0.25, 0.3) is 10.9 Å². The molecule has 3 aromatic rings. The number of aryl methyl sites for hydroxylation is 2. The third-order valence-corrected chi connectivity index (χ3v) is 3.74. The normalized spacial score (nSPS) is 11.0. The Morgan fingerprint density at radius 3 is 2.67 bits per heavy atom. The van der Waals surface area contributed by atoms with Crippen molar-refractivity contribution in [2.45, 2.75) is 13.0 Å². The van der Waals surface area contributed by atoms with Crippen molar-refractivity contribution >= 4 is 34.1 Å². The second kappa shape index (κ2) is 5.84. The first-order chi connectivity index (χ1) is 10.1. The van der Waals surface area contributed by atoms with E-state index >= 15 is 0 Å². The Balaban J connectivity index is 1.97. The predicted octanol–water partition coefficient (Wildman–Crippen LogP) is 3.34. The molecular weight excluding hydrogens is 309 g/mol. The van der Waals surface area contributed by atoms with Crippen LogP contribution in [0.1, 0.15) is 5.56 Å². The van der Waals surface area contributed by atoms with E-state index in [0.717, 1.165) is 12.0 Å². The van der Waals surface area contributed by atoms with E-state index in [1.165, 1.54) is 6.33 Å². The molecule has 2 heterocycles. The van der Waals surface area contributed by atoms with Gasteiger partial charge in [-0.25, -0.2) is 4.98 Å². The molecule has 0 atom stereocenters. The molecule has 6 heteroatoms. The van der Waals surface area contributed by atoms with Crippen LogP contribution in [-0.4, -0.2) is 14.5 Å². The monoisotopic (exact) mass is 319 g/mol. The minimum absolute atomic E-state index is 0.140. The highest BCUT2D eigenvalue weighted by Gasteiger charge is 2.09. The average Bonchev–Trinajstić information content (AvgIpc) is 2.48. The predicted molar refractivity (Wildman–Crippen MR) is 84.0 cm³/mol. The minimum atomic E-state index is -0.140. The first-order valence-corrected chi connectivity index (χ1v) is 7.14. The largest absolute Gasteiger partial charge is 0.298 e. The summed E-state index contributed by atoms with van der Waals surface area (Å²) in [4.78, 5) is 20.7. The summed E-state index contributed by atoms with van der Waals surface area (Å²) in [5.41, 5.74) is 1.45. The van der Waals surface area contributed by atoms with Gasteiger partial charge in [-0.2, -0.15) is 0 Å². The van der Waals surface area contributed by atoms with E-state index in [-0.39, 0.29) is 5.56 Å². The van der Waals surface area contributed by atoms with Gasteiger partial charge in [0.1, 0.15) is 0 Å². The van der Waals surface area contributed by atoms with Crippen molar-refractivity contribution in [2.24, 2.45) is 0 Å². The first-order valence-electron chi connectivity index (χ1n) is 6.38. The van der Waals surface area contributed by atoms with Crippen molar-refractivity contribution in [3.63, 3.8) is 0 Å². The fourth-order valence-corrected chi connectivity index (χ4v) is 2.70. The van der Waals surface area contributed by atoms with Crippen LogP contribution in [0.3, 0.4) is 0 Å². The number of hydrogen-bond acceptors (Lipinski definition) is 3. The number of rotatable bonds is 3. The molecule has 106 valence electrons. The van der Waals surface area contributed by atoms with Gasteiger partial charge in [0.2, 0.25) is 0 Å². The highest BCUT2D eigenvalue weighted by molar-refractivity contribution is 6.38. The second-order valence-electron chi connectivity index (χ2n) is 4.63. The molecule has 0 radical (unpaired) electrons. The van der Waals surface area contributed by atoms with Gasteiger partial charge in [-0.3, -0.25) is 14.3 Å². The van der Waals surface area contributed by atoms with Crippen LogP contribution in [-0.2, 0) is 13.0 Å². The Kier molecular flexibility index (Phi) is 3.90. The molecule has 1 aromatic carbocycles. The van der Waals surface area contributed by atoms with Gasteiger partial charge >= 0.3 is 0 Å². The molecule has 0 spiro atoms. The summed E-state index contributed by atoms with van der Waals surface area (Å²) in [6.07, 6.45) is 5.71. The number of fused-ring (bicyclic) bond motifs is 1. The summed E-state index contributed by atoms with van der Waals surface area (Å²) in [5, 5.41) is 1.25. The molecular formula is C15H11Cl2N3O. The number of nitrogens with zero attached hydrogens (tertiary/aromatic N) is 3. The fraction of sp³-hybridized carbons (Fsp3) is 0.133. The molecule has 0 aliphatic heterocycles. The highest BCUT2D eigenvalue weighted by Crippen LogP contribution is 2.23. The lowest BCUT2D eigenvalue weighted by atomic mass is 10.2.